The quantitative estimate of drug-likeness (QED) is 0.538. The molecule has 1 aromatic rings. The van der Waals surface area contributed by atoms with Crippen LogP contribution in [0.3, 0.4) is 0 Å². The summed E-state index contributed by atoms with van der Waals surface area (Å²) in [5, 5.41) is 19.0. The third-order valence-electron chi connectivity index (χ3n) is 4.80. The van der Waals surface area contributed by atoms with E-state index in [2.05, 4.69) is 0 Å². The Morgan fingerprint density at radius 2 is 1.85 bits per heavy atom. The molecule has 0 saturated heterocycles. The summed E-state index contributed by atoms with van der Waals surface area (Å²) in [6.45, 7) is 3.63. The molecule has 7 nitrogen and oxygen atoms in total. The third kappa shape index (κ3) is 4.40. The van der Waals surface area contributed by atoms with E-state index < -0.39 is 29.9 Å². The standard InChI is InChI=1S/C19H24O7/c1-3-11(2)19(24)26-9-8-25-16-13-7-5-4-6-12(13)10-14(17(20)21)15(16)18(22)23/h4-7,11,14-16H,3,8-10H2,1-2H3,(H,20,21)(H,22,23). The van der Waals surface area contributed by atoms with Crippen LogP contribution in [0.15, 0.2) is 24.3 Å². The number of carboxylic acids is 2. The van der Waals surface area contributed by atoms with Crippen molar-refractivity contribution in [1.29, 1.82) is 0 Å². The molecule has 2 rings (SSSR count). The second kappa shape index (κ2) is 8.80. The van der Waals surface area contributed by atoms with E-state index >= 15 is 0 Å². The van der Waals surface area contributed by atoms with E-state index in [1.54, 1.807) is 31.2 Å². The number of benzene rings is 1. The molecule has 0 amide bonds. The van der Waals surface area contributed by atoms with Gasteiger partial charge < -0.3 is 19.7 Å². The molecule has 0 bridgehead atoms. The first kappa shape index (κ1) is 19.9. The predicted octanol–water partition coefficient (Wildman–Crippen LogP) is 2.29. The number of hydrogen-bond donors (Lipinski definition) is 2. The molecule has 4 atom stereocenters. The van der Waals surface area contributed by atoms with Gasteiger partial charge in [0.2, 0.25) is 0 Å². The Labute approximate surface area is 151 Å². The van der Waals surface area contributed by atoms with E-state index in [0.29, 0.717) is 12.0 Å². The Hall–Kier alpha value is -2.41. The highest BCUT2D eigenvalue weighted by molar-refractivity contribution is 5.82. The van der Waals surface area contributed by atoms with Gasteiger partial charge in [0.15, 0.2) is 0 Å². The van der Waals surface area contributed by atoms with Crippen molar-refractivity contribution >= 4 is 17.9 Å². The van der Waals surface area contributed by atoms with Crippen molar-refractivity contribution in [3.63, 3.8) is 0 Å². The lowest BCUT2D eigenvalue weighted by Crippen LogP contribution is -2.40. The smallest absolute Gasteiger partial charge is 0.310 e. The SMILES string of the molecule is CCC(C)C(=O)OCCOC1c2ccccc2CC(C(=O)O)C1C(=O)O. The number of fused-ring (bicyclic) bond motifs is 1. The first-order chi connectivity index (χ1) is 12.4. The highest BCUT2D eigenvalue weighted by Crippen LogP contribution is 2.40. The average molecular weight is 364 g/mol. The molecule has 142 valence electrons. The minimum Gasteiger partial charge on any atom is -0.481 e. The number of esters is 1. The van der Waals surface area contributed by atoms with Gasteiger partial charge in [-0.05, 0) is 24.0 Å². The number of carboxylic acid groups (broad SMARTS) is 2. The number of carbonyl (C=O) groups excluding carboxylic acids is 1. The minimum atomic E-state index is -1.21. The number of carbonyl (C=O) groups is 3. The lowest BCUT2D eigenvalue weighted by atomic mass is 9.74. The van der Waals surface area contributed by atoms with Crippen LogP contribution >= 0.6 is 0 Å². The molecule has 0 radical (unpaired) electrons. The zero-order valence-corrected chi connectivity index (χ0v) is 14.9. The number of rotatable bonds is 8. The van der Waals surface area contributed by atoms with Gasteiger partial charge in [-0.2, -0.15) is 0 Å². The molecule has 1 aliphatic carbocycles. The maximum absolute atomic E-state index is 11.7. The van der Waals surface area contributed by atoms with E-state index in [1.165, 1.54) is 0 Å². The van der Waals surface area contributed by atoms with Crippen LogP contribution < -0.4 is 0 Å². The summed E-state index contributed by atoms with van der Waals surface area (Å²) in [5.74, 6) is -5.20. The molecule has 0 aliphatic heterocycles. The molecule has 2 N–H and O–H groups in total. The summed E-state index contributed by atoms with van der Waals surface area (Å²) in [6.07, 6.45) is -0.0940. The van der Waals surface area contributed by atoms with Crippen molar-refractivity contribution in [2.75, 3.05) is 13.2 Å². The topological polar surface area (TPSA) is 110 Å². The van der Waals surface area contributed by atoms with Gasteiger partial charge in [0.1, 0.15) is 12.5 Å². The normalized spacial score (nSPS) is 22.9. The van der Waals surface area contributed by atoms with Gasteiger partial charge in [0.25, 0.3) is 0 Å². The lowest BCUT2D eigenvalue weighted by Gasteiger charge is -2.35. The molecule has 1 aromatic carbocycles. The number of hydrogen-bond acceptors (Lipinski definition) is 5. The molecular formula is C19H24O7. The number of aliphatic carboxylic acids is 2. The highest BCUT2D eigenvalue weighted by Gasteiger charge is 2.45. The molecule has 26 heavy (non-hydrogen) atoms. The molecule has 0 heterocycles. The first-order valence-electron chi connectivity index (χ1n) is 8.68. The molecule has 1 aliphatic rings. The minimum absolute atomic E-state index is 0.00268. The first-order valence-corrected chi connectivity index (χ1v) is 8.68. The summed E-state index contributed by atoms with van der Waals surface area (Å²) in [5.41, 5.74) is 1.43. The molecule has 0 fully saturated rings. The monoisotopic (exact) mass is 364 g/mol. The Morgan fingerprint density at radius 1 is 1.15 bits per heavy atom. The van der Waals surface area contributed by atoms with Crippen molar-refractivity contribution in [3.8, 4) is 0 Å². The van der Waals surface area contributed by atoms with Crippen LogP contribution in [0.1, 0.15) is 37.5 Å². The van der Waals surface area contributed by atoms with E-state index in [1.807, 2.05) is 6.92 Å². The highest BCUT2D eigenvalue weighted by atomic mass is 16.6. The van der Waals surface area contributed by atoms with E-state index in [0.717, 1.165) is 5.56 Å². The van der Waals surface area contributed by atoms with E-state index in [-0.39, 0.29) is 31.5 Å². The lowest BCUT2D eigenvalue weighted by molar-refractivity contribution is -0.164. The van der Waals surface area contributed by atoms with Gasteiger partial charge >= 0.3 is 17.9 Å². The summed E-state index contributed by atoms with van der Waals surface area (Å²) >= 11 is 0. The third-order valence-corrected chi connectivity index (χ3v) is 4.80. The van der Waals surface area contributed by atoms with Crippen LogP contribution in [0.4, 0.5) is 0 Å². The Kier molecular flexibility index (Phi) is 6.74. The zero-order valence-electron chi connectivity index (χ0n) is 14.9. The van der Waals surface area contributed by atoms with E-state index in [9.17, 15) is 24.6 Å². The van der Waals surface area contributed by atoms with Gasteiger partial charge in [-0.25, -0.2) is 0 Å². The van der Waals surface area contributed by atoms with Gasteiger partial charge in [0, 0.05) is 0 Å². The molecule has 0 saturated carbocycles. The van der Waals surface area contributed by atoms with Crippen LogP contribution in [0.5, 0.6) is 0 Å². The summed E-state index contributed by atoms with van der Waals surface area (Å²) in [4.78, 5) is 35.0. The Balaban J connectivity index is 2.13. The van der Waals surface area contributed by atoms with Crippen LogP contribution in [0.25, 0.3) is 0 Å². The Morgan fingerprint density at radius 3 is 2.46 bits per heavy atom. The fourth-order valence-corrected chi connectivity index (χ4v) is 3.13. The summed E-state index contributed by atoms with van der Waals surface area (Å²) < 4.78 is 10.8. The number of ether oxygens (including phenoxy) is 2. The van der Waals surface area contributed by atoms with Crippen molar-refractivity contribution < 1.29 is 34.1 Å². The maximum atomic E-state index is 11.7. The van der Waals surface area contributed by atoms with Crippen molar-refractivity contribution in [3.05, 3.63) is 35.4 Å². The van der Waals surface area contributed by atoms with Crippen molar-refractivity contribution in [1.82, 2.24) is 0 Å². The second-order valence-electron chi connectivity index (χ2n) is 6.48. The molecular weight excluding hydrogens is 340 g/mol. The summed E-state index contributed by atoms with van der Waals surface area (Å²) in [7, 11) is 0. The zero-order chi connectivity index (χ0) is 19.3. The average Bonchev–Trinajstić information content (AvgIpc) is 2.63. The van der Waals surface area contributed by atoms with Crippen LogP contribution in [-0.4, -0.2) is 41.3 Å². The van der Waals surface area contributed by atoms with Gasteiger partial charge in [0.05, 0.1) is 24.5 Å². The van der Waals surface area contributed by atoms with Crippen LogP contribution in [0.2, 0.25) is 0 Å². The fraction of sp³-hybridized carbons (Fsp3) is 0.526. The summed E-state index contributed by atoms with van der Waals surface area (Å²) in [6, 6.07) is 7.07. The molecule has 0 aromatic heterocycles. The van der Waals surface area contributed by atoms with Gasteiger partial charge in [-0.15, -0.1) is 0 Å². The van der Waals surface area contributed by atoms with Crippen molar-refractivity contribution in [2.24, 2.45) is 17.8 Å². The molecule has 4 unspecified atom stereocenters. The maximum Gasteiger partial charge on any atom is 0.310 e. The van der Waals surface area contributed by atoms with Crippen molar-refractivity contribution in [2.45, 2.75) is 32.8 Å². The molecule has 7 heteroatoms. The van der Waals surface area contributed by atoms with Crippen LogP contribution in [0, 0.1) is 17.8 Å². The Bertz CT molecular complexity index is 670. The molecule has 0 spiro atoms. The predicted molar refractivity (Wildman–Crippen MR) is 91.5 cm³/mol. The van der Waals surface area contributed by atoms with E-state index in [4.69, 9.17) is 9.47 Å². The van der Waals surface area contributed by atoms with Gasteiger partial charge in [-0.1, -0.05) is 38.1 Å². The largest absolute Gasteiger partial charge is 0.481 e. The second-order valence-corrected chi connectivity index (χ2v) is 6.48. The van der Waals surface area contributed by atoms with Crippen LogP contribution in [-0.2, 0) is 30.3 Å². The fourth-order valence-electron chi connectivity index (χ4n) is 3.13. The van der Waals surface area contributed by atoms with Gasteiger partial charge in [-0.3, -0.25) is 14.4 Å².